The van der Waals surface area contributed by atoms with Gasteiger partial charge in [-0.2, -0.15) is 0 Å². The molecule has 0 atom stereocenters. The molecule has 2 nitrogen and oxygen atoms in total. The highest BCUT2D eigenvalue weighted by molar-refractivity contribution is 6.31. The normalized spacial score (nSPS) is 10.9. The summed E-state index contributed by atoms with van der Waals surface area (Å²) in [4.78, 5) is 0. The molecule has 0 amide bonds. The minimum atomic E-state index is 0.711. The standard InChI is InChI=1S/C16H13ClO2/c1-10-16(11-3-6-13(18-2)7-4-11)14-9-12(17)5-8-15(14)19-10/h3-9H,1-2H3. The summed E-state index contributed by atoms with van der Waals surface area (Å²) in [5.74, 6) is 1.73. The highest BCUT2D eigenvalue weighted by Crippen LogP contribution is 2.36. The number of fused-ring (bicyclic) bond motifs is 1. The van der Waals surface area contributed by atoms with Crippen LogP contribution in [0.1, 0.15) is 5.76 Å². The topological polar surface area (TPSA) is 22.4 Å². The van der Waals surface area contributed by atoms with Gasteiger partial charge >= 0.3 is 0 Å². The fourth-order valence-electron chi connectivity index (χ4n) is 2.31. The second kappa shape index (κ2) is 4.63. The molecule has 0 aliphatic carbocycles. The third-order valence-electron chi connectivity index (χ3n) is 3.20. The lowest BCUT2D eigenvalue weighted by Gasteiger charge is -2.03. The molecular formula is C16H13ClO2. The van der Waals surface area contributed by atoms with Crippen molar-refractivity contribution < 1.29 is 9.15 Å². The van der Waals surface area contributed by atoms with Crippen LogP contribution < -0.4 is 4.74 Å². The molecule has 3 rings (SSSR count). The molecule has 19 heavy (non-hydrogen) atoms. The van der Waals surface area contributed by atoms with E-state index in [4.69, 9.17) is 20.8 Å². The SMILES string of the molecule is COc1ccc(-c2c(C)oc3ccc(Cl)cc23)cc1. The Labute approximate surface area is 116 Å². The first-order valence-corrected chi connectivity index (χ1v) is 6.40. The van der Waals surface area contributed by atoms with Gasteiger partial charge in [-0.05, 0) is 42.8 Å². The van der Waals surface area contributed by atoms with Gasteiger partial charge in [0.1, 0.15) is 17.1 Å². The molecule has 3 aromatic rings. The summed E-state index contributed by atoms with van der Waals surface area (Å²) in [6.45, 7) is 1.97. The van der Waals surface area contributed by atoms with Gasteiger partial charge in [0.15, 0.2) is 0 Å². The van der Waals surface area contributed by atoms with E-state index in [-0.39, 0.29) is 0 Å². The molecule has 2 aromatic carbocycles. The molecule has 3 heteroatoms. The second-order valence-corrected chi connectivity index (χ2v) is 4.84. The third-order valence-corrected chi connectivity index (χ3v) is 3.44. The molecule has 0 bridgehead atoms. The van der Waals surface area contributed by atoms with Crippen molar-refractivity contribution in [1.82, 2.24) is 0 Å². The first-order valence-electron chi connectivity index (χ1n) is 6.02. The Morgan fingerprint density at radius 1 is 1.05 bits per heavy atom. The highest BCUT2D eigenvalue weighted by atomic mass is 35.5. The molecule has 1 aromatic heterocycles. The maximum atomic E-state index is 6.07. The number of furan rings is 1. The van der Waals surface area contributed by atoms with E-state index in [0.717, 1.165) is 33.6 Å². The summed E-state index contributed by atoms with van der Waals surface area (Å²) in [6.07, 6.45) is 0. The van der Waals surface area contributed by atoms with E-state index in [2.05, 4.69) is 0 Å². The van der Waals surface area contributed by atoms with Crippen LogP contribution in [0, 0.1) is 6.92 Å². The fourth-order valence-corrected chi connectivity index (χ4v) is 2.48. The minimum absolute atomic E-state index is 0.711. The lowest BCUT2D eigenvalue weighted by molar-refractivity contribution is 0.415. The van der Waals surface area contributed by atoms with Crippen molar-refractivity contribution in [2.45, 2.75) is 6.92 Å². The van der Waals surface area contributed by atoms with E-state index in [0.29, 0.717) is 5.02 Å². The van der Waals surface area contributed by atoms with E-state index >= 15 is 0 Å². The molecule has 1 heterocycles. The van der Waals surface area contributed by atoms with Crippen LogP contribution in [-0.4, -0.2) is 7.11 Å². The summed E-state index contributed by atoms with van der Waals surface area (Å²) in [5.41, 5.74) is 3.03. The first kappa shape index (κ1) is 12.1. The third kappa shape index (κ3) is 2.08. The van der Waals surface area contributed by atoms with E-state index in [9.17, 15) is 0 Å². The van der Waals surface area contributed by atoms with Gasteiger partial charge in [-0.15, -0.1) is 0 Å². The van der Waals surface area contributed by atoms with Crippen LogP contribution >= 0.6 is 11.6 Å². The molecule has 0 fully saturated rings. The Bertz CT molecular complexity index is 726. The van der Waals surface area contributed by atoms with Gasteiger partial charge in [0.25, 0.3) is 0 Å². The maximum absolute atomic E-state index is 6.07. The van der Waals surface area contributed by atoms with Crippen molar-refractivity contribution in [2.75, 3.05) is 7.11 Å². The van der Waals surface area contributed by atoms with Crippen molar-refractivity contribution in [1.29, 1.82) is 0 Å². The molecule has 0 N–H and O–H groups in total. The Morgan fingerprint density at radius 3 is 2.47 bits per heavy atom. The van der Waals surface area contributed by atoms with E-state index in [1.165, 1.54) is 0 Å². The van der Waals surface area contributed by atoms with Crippen LogP contribution in [0.25, 0.3) is 22.1 Å². The highest BCUT2D eigenvalue weighted by Gasteiger charge is 2.13. The van der Waals surface area contributed by atoms with Crippen LogP contribution in [0.3, 0.4) is 0 Å². The number of hydrogen-bond donors (Lipinski definition) is 0. The Morgan fingerprint density at radius 2 is 1.79 bits per heavy atom. The molecule has 0 saturated heterocycles. The van der Waals surface area contributed by atoms with Crippen molar-refractivity contribution in [3.63, 3.8) is 0 Å². The number of ether oxygens (including phenoxy) is 1. The minimum Gasteiger partial charge on any atom is -0.497 e. The van der Waals surface area contributed by atoms with Crippen molar-refractivity contribution in [2.24, 2.45) is 0 Å². The predicted molar refractivity (Wildman–Crippen MR) is 77.9 cm³/mol. The van der Waals surface area contributed by atoms with Gasteiger partial charge in [-0.3, -0.25) is 0 Å². The molecule has 0 spiro atoms. The molecule has 0 saturated carbocycles. The van der Waals surface area contributed by atoms with Crippen LogP contribution in [-0.2, 0) is 0 Å². The Kier molecular flexibility index (Phi) is 2.96. The van der Waals surface area contributed by atoms with Crippen LogP contribution in [0.15, 0.2) is 46.9 Å². The molecular weight excluding hydrogens is 260 g/mol. The first-order chi connectivity index (χ1) is 9.19. The van der Waals surface area contributed by atoms with Gasteiger partial charge in [0, 0.05) is 16.0 Å². The monoisotopic (exact) mass is 272 g/mol. The average molecular weight is 273 g/mol. The zero-order valence-corrected chi connectivity index (χ0v) is 11.5. The summed E-state index contributed by atoms with van der Waals surface area (Å²) >= 11 is 6.07. The lowest BCUT2D eigenvalue weighted by atomic mass is 10.0. The zero-order chi connectivity index (χ0) is 13.4. The molecule has 0 unspecified atom stereocenters. The van der Waals surface area contributed by atoms with Gasteiger partial charge in [0.2, 0.25) is 0 Å². The number of benzene rings is 2. The number of rotatable bonds is 2. The number of halogens is 1. The number of hydrogen-bond acceptors (Lipinski definition) is 2. The van der Waals surface area contributed by atoms with E-state index < -0.39 is 0 Å². The molecule has 0 radical (unpaired) electrons. The molecule has 0 aliphatic heterocycles. The van der Waals surface area contributed by atoms with E-state index in [1.807, 2.05) is 49.4 Å². The smallest absolute Gasteiger partial charge is 0.135 e. The van der Waals surface area contributed by atoms with Gasteiger partial charge in [-0.1, -0.05) is 23.7 Å². The summed E-state index contributed by atoms with van der Waals surface area (Å²) in [7, 11) is 1.66. The number of aryl methyl sites for hydroxylation is 1. The summed E-state index contributed by atoms with van der Waals surface area (Å²) in [6, 6.07) is 13.6. The zero-order valence-electron chi connectivity index (χ0n) is 10.7. The molecule has 0 aliphatic rings. The van der Waals surface area contributed by atoms with Crippen molar-refractivity contribution >= 4 is 22.6 Å². The summed E-state index contributed by atoms with van der Waals surface area (Å²) < 4.78 is 11.0. The Hall–Kier alpha value is -1.93. The quantitative estimate of drug-likeness (QED) is 0.650. The van der Waals surface area contributed by atoms with E-state index in [1.54, 1.807) is 7.11 Å². The van der Waals surface area contributed by atoms with Crippen LogP contribution in [0.2, 0.25) is 5.02 Å². The fraction of sp³-hybridized carbons (Fsp3) is 0.125. The van der Waals surface area contributed by atoms with Crippen LogP contribution in [0.4, 0.5) is 0 Å². The largest absolute Gasteiger partial charge is 0.497 e. The summed E-state index contributed by atoms with van der Waals surface area (Å²) in [5, 5.41) is 1.75. The van der Waals surface area contributed by atoms with Gasteiger partial charge in [0.05, 0.1) is 7.11 Å². The maximum Gasteiger partial charge on any atom is 0.135 e. The van der Waals surface area contributed by atoms with Gasteiger partial charge in [-0.25, -0.2) is 0 Å². The lowest BCUT2D eigenvalue weighted by Crippen LogP contribution is -1.83. The van der Waals surface area contributed by atoms with Crippen LogP contribution in [0.5, 0.6) is 5.75 Å². The average Bonchev–Trinajstić information content (AvgIpc) is 2.74. The van der Waals surface area contributed by atoms with Crippen molar-refractivity contribution in [3.05, 3.63) is 53.2 Å². The van der Waals surface area contributed by atoms with Crippen molar-refractivity contribution in [3.8, 4) is 16.9 Å². The Balaban J connectivity index is 2.22. The molecule has 96 valence electrons. The number of methoxy groups -OCH3 is 1. The van der Waals surface area contributed by atoms with Gasteiger partial charge < -0.3 is 9.15 Å². The predicted octanol–water partition coefficient (Wildman–Crippen LogP) is 5.07. The second-order valence-electron chi connectivity index (χ2n) is 4.40.